The van der Waals surface area contributed by atoms with Crippen molar-refractivity contribution < 1.29 is 0 Å². The third-order valence-electron chi connectivity index (χ3n) is 1.89. The molecule has 0 heterocycles. The second-order valence-electron chi connectivity index (χ2n) is 3.08. The summed E-state index contributed by atoms with van der Waals surface area (Å²) < 4.78 is 0. The fourth-order valence-electron chi connectivity index (χ4n) is 1.24. The van der Waals surface area contributed by atoms with Crippen molar-refractivity contribution in [2.24, 2.45) is 0 Å². The lowest BCUT2D eigenvalue weighted by Gasteiger charge is -2.05. The fraction of sp³-hybridized carbons (Fsp3) is 0.0909. The minimum absolute atomic E-state index is 1.09. The predicted molar refractivity (Wildman–Crippen MR) is 59.4 cm³/mol. The summed E-state index contributed by atoms with van der Waals surface area (Å²) in [6, 6.07) is 6.31. The van der Waals surface area contributed by atoms with Crippen LogP contribution in [0, 0.1) is 0 Å². The molecule has 1 heteroatoms. The van der Waals surface area contributed by atoms with E-state index in [2.05, 4.69) is 39.2 Å². The zero-order valence-corrected chi connectivity index (χ0v) is 7.72. The summed E-state index contributed by atoms with van der Waals surface area (Å²) in [4.78, 5) is 0. The third kappa shape index (κ3) is 1.67. The normalized spacial score (nSPS) is 9.42. The molecule has 0 aliphatic rings. The van der Waals surface area contributed by atoms with Gasteiger partial charge in [-0.3, -0.25) is 0 Å². The van der Waals surface area contributed by atoms with Gasteiger partial charge in [0, 0.05) is 0 Å². The van der Waals surface area contributed by atoms with Gasteiger partial charge in [-0.05, 0) is 18.1 Å². The van der Waals surface area contributed by atoms with Gasteiger partial charge >= 0.3 is 0 Å². The molecule has 0 radical (unpaired) electrons. The lowest BCUT2D eigenvalue weighted by atomic mass is 9.90. The molecule has 0 saturated heterocycles. The molecule has 0 saturated carbocycles. The Balaban J connectivity index is 3.29. The number of rotatable bonds is 2. The Kier molecular flexibility index (Phi) is 2.54. The first-order valence-corrected chi connectivity index (χ1v) is 4.04. The Morgan fingerprint density at radius 2 is 2.17 bits per heavy atom. The van der Waals surface area contributed by atoms with Crippen LogP contribution in [0.4, 0.5) is 0 Å². The number of hydrogen-bond donors (Lipinski definition) is 0. The van der Waals surface area contributed by atoms with Crippen LogP contribution in [0.3, 0.4) is 0 Å². The highest BCUT2D eigenvalue weighted by Crippen LogP contribution is 2.16. The molecule has 1 rings (SSSR count). The van der Waals surface area contributed by atoms with Gasteiger partial charge in [0.2, 0.25) is 0 Å². The van der Waals surface area contributed by atoms with Crippen molar-refractivity contribution in [2.75, 3.05) is 0 Å². The van der Waals surface area contributed by atoms with E-state index in [9.17, 15) is 0 Å². The van der Waals surface area contributed by atoms with E-state index in [1.807, 2.05) is 13.0 Å². The highest BCUT2D eigenvalue weighted by atomic mass is 14.0. The van der Waals surface area contributed by atoms with Crippen molar-refractivity contribution in [3.63, 3.8) is 0 Å². The SMILES string of the molecule is Bc1ccc(C(=C)C)c(C=C)c1. The first kappa shape index (κ1) is 8.86. The van der Waals surface area contributed by atoms with Gasteiger partial charge in [-0.2, -0.15) is 0 Å². The van der Waals surface area contributed by atoms with Crippen LogP contribution in [0.25, 0.3) is 11.6 Å². The lowest BCUT2D eigenvalue weighted by molar-refractivity contribution is 1.57. The van der Waals surface area contributed by atoms with Crippen LogP contribution in [0.5, 0.6) is 0 Å². The maximum atomic E-state index is 3.92. The van der Waals surface area contributed by atoms with Gasteiger partial charge in [-0.25, -0.2) is 0 Å². The zero-order valence-electron chi connectivity index (χ0n) is 7.72. The molecule has 0 N–H and O–H groups in total. The van der Waals surface area contributed by atoms with Crippen molar-refractivity contribution in [1.82, 2.24) is 0 Å². The van der Waals surface area contributed by atoms with Crippen LogP contribution < -0.4 is 5.46 Å². The van der Waals surface area contributed by atoms with Crippen molar-refractivity contribution in [1.29, 1.82) is 0 Å². The first-order valence-electron chi connectivity index (χ1n) is 4.04. The van der Waals surface area contributed by atoms with Gasteiger partial charge in [0.15, 0.2) is 0 Å². The van der Waals surface area contributed by atoms with Crippen LogP contribution in [-0.2, 0) is 0 Å². The summed E-state index contributed by atoms with van der Waals surface area (Å²) in [5, 5.41) is 0. The summed E-state index contributed by atoms with van der Waals surface area (Å²) in [6.45, 7) is 9.70. The van der Waals surface area contributed by atoms with Crippen molar-refractivity contribution in [3.05, 3.63) is 42.5 Å². The minimum Gasteiger partial charge on any atom is -0.0984 e. The standard InChI is InChI=1S/C11H13B/c1-4-9-7-10(12)5-6-11(9)8(2)3/h4-7H,1-2,12H2,3H3. The summed E-state index contributed by atoms with van der Waals surface area (Å²) >= 11 is 0. The molecule has 0 nitrogen and oxygen atoms in total. The zero-order chi connectivity index (χ0) is 9.14. The molecule has 1 aromatic carbocycles. The molecule has 0 aliphatic carbocycles. The molecule has 0 unspecified atom stereocenters. The van der Waals surface area contributed by atoms with Gasteiger partial charge in [0.25, 0.3) is 0 Å². The van der Waals surface area contributed by atoms with E-state index in [1.54, 1.807) is 0 Å². The second kappa shape index (κ2) is 3.44. The highest BCUT2D eigenvalue weighted by molar-refractivity contribution is 6.32. The number of benzene rings is 1. The van der Waals surface area contributed by atoms with E-state index in [0.29, 0.717) is 0 Å². The lowest BCUT2D eigenvalue weighted by Crippen LogP contribution is -2.02. The summed E-state index contributed by atoms with van der Waals surface area (Å²) in [5.41, 5.74) is 4.71. The quantitative estimate of drug-likeness (QED) is 0.570. The predicted octanol–water partition coefficient (Wildman–Crippen LogP) is 1.62. The largest absolute Gasteiger partial charge is 0.139 e. The summed E-state index contributed by atoms with van der Waals surface area (Å²) in [7, 11) is 2.08. The first-order chi connectivity index (χ1) is 5.65. The van der Waals surface area contributed by atoms with E-state index in [-0.39, 0.29) is 0 Å². The topological polar surface area (TPSA) is 0 Å². The fourth-order valence-corrected chi connectivity index (χ4v) is 1.24. The number of hydrogen-bond acceptors (Lipinski definition) is 0. The molecule has 1 aromatic rings. The Morgan fingerprint density at radius 1 is 1.50 bits per heavy atom. The molecule has 0 aromatic heterocycles. The Labute approximate surface area is 75.0 Å². The van der Waals surface area contributed by atoms with Crippen LogP contribution in [0.1, 0.15) is 18.1 Å². The van der Waals surface area contributed by atoms with Gasteiger partial charge in [-0.15, -0.1) is 0 Å². The van der Waals surface area contributed by atoms with E-state index < -0.39 is 0 Å². The van der Waals surface area contributed by atoms with E-state index in [1.165, 1.54) is 16.6 Å². The smallest absolute Gasteiger partial charge is 0.0984 e. The summed E-state index contributed by atoms with van der Waals surface area (Å²) in [6.07, 6.45) is 1.87. The molecular formula is C11H13B. The molecule has 60 valence electrons. The molecule has 0 atom stereocenters. The molecule has 0 amide bonds. The van der Waals surface area contributed by atoms with Gasteiger partial charge in [0.1, 0.15) is 7.85 Å². The highest BCUT2D eigenvalue weighted by Gasteiger charge is 1.98. The van der Waals surface area contributed by atoms with Gasteiger partial charge < -0.3 is 0 Å². The third-order valence-corrected chi connectivity index (χ3v) is 1.89. The van der Waals surface area contributed by atoms with Crippen LogP contribution in [0.15, 0.2) is 31.4 Å². The van der Waals surface area contributed by atoms with E-state index >= 15 is 0 Å². The van der Waals surface area contributed by atoms with Crippen molar-refractivity contribution >= 4 is 25.0 Å². The molecule has 12 heavy (non-hydrogen) atoms. The Hall–Kier alpha value is -1.24. The van der Waals surface area contributed by atoms with Gasteiger partial charge in [0.05, 0.1) is 0 Å². The second-order valence-corrected chi connectivity index (χ2v) is 3.08. The van der Waals surface area contributed by atoms with Crippen LogP contribution >= 0.6 is 0 Å². The van der Waals surface area contributed by atoms with Gasteiger partial charge in [-0.1, -0.05) is 48.5 Å². The average Bonchev–Trinajstić information content (AvgIpc) is 2.03. The maximum Gasteiger partial charge on any atom is 0.139 e. The van der Waals surface area contributed by atoms with Crippen molar-refractivity contribution in [3.8, 4) is 0 Å². The Morgan fingerprint density at radius 3 is 2.67 bits per heavy atom. The van der Waals surface area contributed by atoms with Crippen LogP contribution in [0.2, 0.25) is 0 Å². The minimum atomic E-state index is 1.09. The Bertz CT molecular complexity index is 324. The monoisotopic (exact) mass is 156 g/mol. The summed E-state index contributed by atoms with van der Waals surface area (Å²) in [5.74, 6) is 0. The van der Waals surface area contributed by atoms with Crippen LogP contribution in [-0.4, -0.2) is 7.85 Å². The maximum absolute atomic E-state index is 3.92. The molecule has 0 spiro atoms. The van der Waals surface area contributed by atoms with E-state index in [0.717, 1.165) is 5.57 Å². The molecule has 0 bridgehead atoms. The number of allylic oxidation sites excluding steroid dienone is 1. The van der Waals surface area contributed by atoms with Crippen molar-refractivity contribution in [2.45, 2.75) is 6.92 Å². The van der Waals surface area contributed by atoms with E-state index in [4.69, 9.17) is 0 Å². The average molecular weight is 156 g/mol. The molecule has 0 fully saturated rings. The molecule has 0 aliphatic heterocycles. The molecular weight excluding hydrogens is 143 g/mol.